The van der Waals surface area contributed by atoms with Crippen LogP contribution in [-0.4, -0.2) is 35.9 Å². The summed E-state index contributed by atoms with van der Waals surface area (Å²) < 4.78 is 15.9. The number of thioether (sulfide) groups is 1. The molecule has 122 valence electrons. The molecule has 1 aliphatic heterocycles. The van der Waals surface area contributed by atoms with E-state index in [0.29, 0.717) is 18.4 Å². The third-order valence-electron chi connectivity index (χ3n) is 3.67. The number of hydrogen-bond acceptors (Lipinski definition) is 7. The fourth-order valence-electron chi connectivity index (χ4n) is 2.35. The minimum absolute atomic E-state index is 0.000269. The van der Waals surface area contributed by atoms with E-state index in [9.17, 15) is 5.11 Å². The standard InChI is InChI=1S/C16H18N2O4S/c1-16(13-7-17-14(20-2)15(18-13)21-3)9-22-11-6-10(8-19)4-5-12(11)23-16/h4-7,19H,8-9H2,1-3H3. The molecule has 7 heteroatoms. The lowest BCUT2D eigenvalue weighted by Crippen LogP contribution is -2.31. The van der Waals surface area contributed by atoms with E-state index in [1.165, 1.54) is 14.2 Å². The Balaban J connectivity index is 1.94. The fraction of sp³-hybridized carbons (Fsp3) is 0.375. The first-order chi connectivity index (χ1) is 11.1. The van der Waals surface area contributed by atoms with Crippen molar-refractivity contribution in [2.75, 3.05) is 20.8 Å². The molecule has 1 atom stereocenters. The van der Waals surface area contributed by atoms with Crippen LogP contribution in [0.5, 0.6) is 17.5 Å². The maximum absolute atomic E-state index is 9.22. The highest BCUT2D eigenvalue weighted by Gasteiger charge is 2.36. The zero-order valence-corrected chi connectivity index (χ0v) is 14.0. The second-order valence-electron chi connectivity index (χ2n) is 5.33. The van der Waals surface area contributed by atoms with Gasteiger partial charge in [-0.3, -0.25) is 0 Å². The average Bonchev–Trinajstić information content (AvgIpc) is 2.60. The molecular formula is C16H18N2O4S. The molecule has 3 rings (SSSR count). The zero-order valence-electron chi connectivity index (χ0n) is 13.2. The van der Waals surface area contributed by atoms with Gasteiger partial charge in [-0.1, -0.05) is 6.07 Å². The zero-order chi connectivity index (χ0) is 16.4. The van der Waals surface area contributed by atoms with Crippen LogP contribution in [0.15, 0.2) is 29.3 Å². The first-order valence-electron chi connectivity index (χ1n) is 7.10. The summed E-state index contributed by atoms with van der Waals surface area (Å²) in [5, 5.41) is 9.22. The van der Waals surface area contributed by atoms with Crippen molar-refractivity contribution in [3.05, 3.63) is 35.7 Å². The van der Waals surface area contributed by atoms with Crippen molar-refractivity contribution >= 4 is 11.8 Å². The first-order valence-corrected chi connectivity index (χ1v) is 7.92. The number of methoxy groups -OCH3 is 2. The Labute approximate surface area is 138 Å². The largest absolute Gasteiger partial charge is 0.491 e. The van der Waals surface area contributed by atoms with E-state index in [1.54, 1.807) is 18.0 Å². The molecule has 23 heavy (non-hydrogen) atoms. The number of fused-ring (bicyclic) bond motifs is 1. The molecular weight excluding hydrogens is 316 g/mol. The topological polar surface area (TPSA) is 73.7 Å². The minimum atomic E-state index is -0.389. The van der Waals surface area contributed by atoms with Gasteiger partial charge in [-0.2, -0.15) is 0 Å². The summed E-state index contributed by atoms with van der Waals surface area (Å²) in [6.45, 7) is 2.50. The molecule has 0 amide bonds. The second kappa shape index (κ2) is 6.25. The predicted octanol–water partition coefficient (Wildman–Crippen LogP) is 2.39. The molecule has 0 aliphatic carbocycles. The van der Waals surface area contributed by atoms with Gasteiger partial charge < -0.3 is 19.3 Å². The molecule has 0 radical (unpaired) electrons. The number of benzene rings is 1. The van der Waals surface area contributed by atoms with Gasteiger partial charge in [-0.15, -0.1) is 11.8 Å². The van der Waals surface area contributed by atoms with Gasteiger partial charge in [0.15, 0.2) is 0 Å². The molecule has 6 nitrogen and oxygen atoms in total. The van der Waals surface area contributed by atoms with Crippen LogP contribution in [0.4, 0.5) is 0 Å². The Hall–Kier alpha value is -1.99. The number of ether oxygens (including phenoxy) is 3. The summed E-state index contributed by atoms with van der Waals surface area (Å²) in [5.74, 6) is 1.50. The Morgan fingerprint density at radius 2 is 2.09 bits per heavy atom. The van der Waals surface area contributed by atoms with Crippen LogP contribution in [0.3, 0.4) is 0 Å². The van der Waals surface area contributed by atoms with E-state index >= 15 is 0 Å². The average molecular weight is 334 g/mol. The lowest BCUT2D eigenvalue weighted by atomic mass is 10.1. The van der Waals surface area contributed by atoms with E-state index in [4.69, 9.17) is 14.2 Å². The highest BCUT2D eigenvalue weighted by atomic mass is 32.2. The van der Waals surface area contributed by atoms with Crippen molar-refractivity contribution in [1.29, 1.82) is 0 Å². The number of nitrogens with zero attached hydrogens (tertiary/aromatic N) is 2. The molecule has 1 aromatic heterocycles. The monoisotopic (exact) mass is 334 g/mol. The third kappa shape index (κ3) is 2.94. The summed E-state index contributed by atoms with van der Waals surface area (Å²) in [7, 11) is 3.07. The molecule has 2 heterocycles. The lowest BCUT2D eigenvalue weighted by molar-refractivity contribution is 0.256. The lowest BCUT2D eigenvalue weighted by Gasteiger charge is -2.33. The van der Waals surface area contributed by atoms with E-state index in [0.717, 1.165) is 21.9 Å². The van der Waals surface area contributed by atoms with Gasteiger partial charge in [0.2, 0.25) is 0 Å². The number of aliphatic hydroxyl groups excluding tert-OH is 1. The van der Waals surface area contributed by atoms with Gasteiger partial charge in [0.1, 0.15) is 12.4 Å². The third-order valence-corrected chi connectivity index (χ3v) is 5.00. The minimum Gasteiger partial charge on any atom is -0.491 e. The molecule has 0 saturated carbocycles. The van der Waals surface area contributed by atoms with Crippen molar-refractivity contribution in [2.45, 2.75) is 23.2 Å². The van der Waals surface area contributed by atoms with Crippen LogP contribution in [0.1, 0.15) is 18.2 Å². The van der Waals surface area contributed by atoms with Gasteiger partial charge in [0.05, 0.1) is 42.4 Å². The summed E-state index contributed by atoms with van der Waals surface area (Å²) in [6.07, 6.45) is 1.69. The van der Waals surface area contributed by atoms with E-state index < -0.39 is 0 Å². The molecule has 1 unspecified atom stereocenters. The van der Waals surface area contributed by atoms with Crippen LogP contribution < -0.4 is 14.2 Å². The normalized spacial score (nSPS) is 19.7. The van der Waals surface area contributed by atoms with Crippen molar-refractivity contribution in [3.63, 3.8) is 0 Å². The highest BCUT2D eigenvalue weighted by Crippen LogP contribution is 2.48. The Kier molecular flexibility index (Phi) is 4.32. The van der Waals surface area contributed by atoms with Gasteiger partial charge in [-0.05, 0) is 24.6 Å². The number of hydrogen-bond donors (Lipinski definition) is 1. The molecule has 0 bridgehead atoms. The maximum Gasteiger partial charge on any atom is 0.278 e. The molecule has 1 N–H and O–H groups in total. The van der Waals surface area contributed by atoms with Crippen LogP contribution in [0.2, 0.25) is 0 Å². The van der Waals surface area contributed by atoms with Crippen molar-refractivity contribution in [1.82, 2.24) is 9.97 Å². The molecule has 0 fully saturated rings. The summed E-state index contributed by atoms with van der Waals surface area (Å²) >= 11 is 1.66. The van der Waals surface area contributed by atoms with Crippen LogP contribution in [-0.2, 0) is 11.4 Å². The van der Waals surface area contributed by atoms with Crippen molar-refractivity contribution in [2.24, 2.45) is 0 Å². The highest BCUT2D eigenvalue weighted by molar-refractivity contribution is 8.00. The fourth-order valence-corrected chi connectivity index (χ4v) is 3.51. The number of aliphatic hydroxyl groups is 1. The van der Waals surface area contributed by atoms with Gasteiger partial charge in [-0.25, -0.2) is 9.97 Å². The SMILES string of the molecule is COc1ncc(C2(C)COc3cc(CO)ccc3S2)nc1OC. The predicted molar refractivity (Wildman–Crippen MR) is 86.2 cm³/mol. The van der Waals surface area contributed by atoms with Gasteiger partial charge >= 0.3 is 0 Å². The summed E-state index contributed by atoms with van der Waals surface area (Å²) in [4.78, 5) is 9.78. The maximum atomic E-state index is 9.22. The van der Waals surface area contributed by atoms with Crippen molar-refractivity contribution in [3.8, 4) is 17.5 Å². The number of aromatic nitrogens is 2. The summed E-state index contributed by atoms with van der Waals surface area (Å²) in [5.41, 5.74) is 1.59. The summed E-state index contributed by atoms with van der Waals surface area (Å²) in [6, 6.07) is 5.71. The number of rotatable bonds is 4. The van der Waals surface area contributed by atoms with E-state index in [-0.39, 0.29) is 11.4 Å². The molecule has 2 aromatic rings. The Bertz CT molecular complexity index is 725. The second-order valence-corrected chi connectivity index (χ2v) is 6.88. The smallest absolute Gasteiger partial charge is 0.278 e. The Morgan fingerprint density at radius 3 is 2.78 bits per heavy atom. The van der Waals surface area contributed by atoms with E-state index in [2.05, 4.69) is 16.9 Å². The van der Waals surface area contributed by atoms with Crippen LogP contribution in [0.25, 0.3) is 0 Å². The van der Waals surface area contributed by atoms with E-state index in [1.807, 2.05) is 18.2 Å². The quantitative estimate of drug-likeness (QED) is 0.920. The first kappa shape index (κ1) is 15.9. The van der Waals surface area contributed by atoms with Crippen LogP contribution in [0, 0.1) is 0 Å². The molecule has 1 aromatic carbocycles. The van der Waals surface area contributed by atoms with Crippen LogP contribution >= 0.6 is 11.8 Å². The molecule has 0 saturated heterocycles. The van der Waals surface area contributed by atoms with Crippen molar-refractivity contribution < 1.29 is 19.3 Å². The van der Waals surface area contributed by atoms with Gasteiger partial charge in [0, 0.05) is 0 Å². The van der Waals surface area contributed by atoms with Gasteiger partial charge in [0.25, 0.3) is 11.8 Å². The Morgan fingerprint density at radius 1 is 1.30 bits per heavy atom. The molecule has 0 spiro atoms. The molecule has 1 aliphatic rings.